The molecule has 1 heterocycles. The molecule has 1 aliphatic heterocycles. The van der Waals surface area contributed by atoms with E-state index < -0.39 is 0 Å². The molecule has 4 heteroatoms. The van der Waals surface area contributed by atoms with Crippen molar-refractivity contribution in [1.82, 2.24) is 0 Å². The molecule has 1 aliphatic rings. The van der Waals surface area contributed by atoms with Crippen LogP contribution in [0.1, 0.15) is 5.56 Å². The van der Waals surface area contributed by atoms with E-state index >= 15 is 0 Å². The summed E-state index contributed by atoms with van der Waals surface area (Å²) in [6, 6.07) is 14.3. The lowest BCUT2D eigenvalue weighted by Gasteiger charge is -2.38. The Kier molecular flexibility index (Phi) is 3.55. The number of anilines is 3. The van der Waals surface area contributed by atoms with Crippen molar-refractivity contribution in [3.8, 4) is 0 Å². The summed E-state index contributed by atoms with van der Waals surface area (Å²) in [6.07, 6.45) is 0. The average molecular weight is 288 g/mol. The predicted molar refractivity (Wildman–Crippen MR) is 86.1 cm³/mol. The van der Waals surface area contributed by atoms with Gasteiger partial charge in [0, 0.05) is 26.7 Å². The van der Waals surface area contributed by atoms with E-state index in [1.165, 1.54) is 11.4 Å². The minimum absolute atomic E-state index is 0.490. The van der Waals surface area contributed by atoms with Gasteiger partial charge < -0.3 is 15.5 Å². The summed E-state index contributed by atoms with van der Waals surface area (Å²) in [4.78, 5) is 4.55. The van der Waals surface area contributed by atoms with E-state index in [2.05, 4.69) is 41.1 Å². The summed E-state index contributed by atoms with van der Waals surface area (Å²) in [5.74, 6) is 0. The lowest BCUT2D eigenvalue weighted by atomic mass is 10.1. The molecular weight excluding hydrogens is 270 g/mol. The van der Waals surface area contributed by atoms with E-state index in [1.807, 2.05) is 18.2 Å². The zero-order valence-electron chi connectivity index (χ0n) is 11.5. The SMILES string of the molecule is CN1CCN(c2c(Cl)cccc2CN)c2ccccc21. The van der Waals surface area contributed by atoms with E-state index in [4.69, 9.17) is 17.3 Å². The summed E-state index contributed by atoms with van der Waals surface area (Å²) < 4.78 is 0. The van der Waals surface area contributed by atoms with Gasteiger partial charge in [-0.15, -0.1) is 0 Å². The molecule has 0 saturated carbocycles. The summed E-state index contributed by atoms with van der Waals surface area (Å²) in [6.45, 7) is 2.36. The van der Waals surface area contributed by atoms with E-state index in [-0.39, 0.29) is 0 Å². The number of likely N-dealkylation sites (N-methyl/N-ethyl adjacent to an activating group) is 1. The largest absolute Gasteiger partial charge is 0.371 e. The molecule has 0 bridgehead atoms. The highest BCUT2D eigenvalue weighted by atomic mass is 35.5. The van der Waals surface area contributed by atoms with Crippen LogP contribution in [0.15, 0.2) is 42.5 Å². The van der Waals surface area contributed by atoms with Gasteiger partial charge in [0.2, 0.25) is 0 Å². The minimum Gasteiger partial charge on any atom is -0.371 e. The number of hydrogen-bond acceptors (Lipinski definition) is 3. The van der Waals surface area contributed by atoms with Gasteiger partial charge in [-0.25, -0.2) is 0 Å². The van der Waals surface area contributed by atoms with Crippen molar-refractivity contribution in [3.05, 3.63) is 53.1 Å². The predicted octanol–water partition coefficient (Wildman–Crippen LogP) is 3.39. The standard InChI is InChI=1S/C16H18ClN3/c1-19-9-10-20(15-8-3-2-7-14(15)19)16-12(11-18)5-4-6-13(16)17/h2-8H,9-11,18H2,1H3. The van der Waals surface area contributed by atoms with Crippen LogP contribution in [0.4, 0.5) is 17.1 Å². The van der Waals surface area contributed by atoms with Crippen molar-refractivity contribution in [2.75, 3.05) is 29.9 Å². The van der Waals surface area contributed by atoms with Crippen LogP contribution in [0.5, 0.6) is 0 Å². The summed E-state index contributed by atoms with van der Waals surface area (Å²) in [5.41, 5.74) is 10.4. The van der Waals surface area contributed by atoms with Crippen molar-refractivity contribution < 1.29 is 0 Å². The normalized spacial score (nSPS) is 14.3. The monoisotopic (exact) mass is 287 g/mol. The smallest absolute Gasteiger partial charge is 0.0649 e. The molecule has 104 valence electrons. The lowest BCUT2D eigenvalue weighted by Crippen LogP contribution is -2.37. The summed E-state index contributed by atoms with van der Waals surface area (Å²) >= 11 is 6.43. The Bertz CT molecular complexity index is 627. The summed E-state index contributed by atoms with van der Waals surface area (Å²) in [7, 11) is 2.12. The summed E-state index contributed by atoms with van der Waals surface area (Å²) in [5, 5.41) is 0.757. The fourth-order valence-electron chi connectivity index (χ4n) is 2.77. The van der Waals surface area contributed by atoms with Crippen LogP contribution in [0.2, 0.25) is 5.02 Å². The fourth-order valence-corrected chi connectivity index (χ4v) is 3.06. The maximum absolute atomic E-state index is 6.43. The van der Waals surface area contributed by atoms with Gasteiger partial charge in [0.05, 0.1) is 22.1 Å². The maximum atomic E-state index is 6.43. The molecule has 2 aromatic carbocycles. The lowest BCUT2D eigenvalue weighted by molar-refractivity contribution is 0.817. The zero-order valence-corrected chi connectivity index (χ0v) is 12.3. The second-order valence-corrected chi connectivity index (χ2v) is 5.42. The Hall–Kier alpha value is -1.71. The third-order valence-electron chi connectivity index (χ3n) is 3.80. The highest BCUT2D eigenvalue weighted by Gasteiger charge is 2.24. The molecule has 3 nitrogen and oxygen atoms in total. The van der Waals surface area contributed by atoms with Crippen LogP contribution >= 0.6 is 11.6 Å². The minimum atomic E-state index is 0.490. The first-order chi connectivity index (χ1) is 9.72. The van der Waals surface area contributed by atoms with Crippen LogP contribution in [0, 0.1) is 0 Å². The Morgan fingerprint density at radius 3 is 2.55 bits per heavy atom. The van der Waals surface area contributed by atoms with Crippen LogP contribution in [0.3, 0.4) is 0 Å². The number of para-hydroxylation sites is 3. The first-order valence-corrected chi connectivity index (χ1v) is 7.15. The van der Waals surface area contributed by atoms with Crippen molar-refractivity contribution in [3.63, 3.8) is 0 Å². The Morgan fingerprint density at radius 1 is 1.05 bits per heavy atom. The van der Waals surface area contributed by atoms with Gasteiger partial charge in [-0.05, 0) is 23.8 Å². The van der Waals surface area contributed by atoms with Gasteiger partial charge in [0.1, 0.15) is 0 Å². The molecule has 0 radical (unpaired) electrons. The molecule has 3 rings (SSSR count). The van der Waals surface area contributed by atoms with Gasteiger partial charge in [-0.1, -0.05) is 35.9 Å². The van der Waals surface area contributed by atoms with Crippen molar-refractivity contribution >= 4 is 28.7 Å². The van der Waals surface area contributed by atoms with Crippen molar-refractivity contribution in [2.45, 2.75) is 6.54 Å². The molecule has 2 aromatic rings. The second kappa shape index (κ2) is 5.35. The molecule has 0 aliphatic carbocycles. The van der Waals surface area contributed by atoms with Crippen LogP contribution < -0.4 is 15.5 Å². The number of hydrogen-bond donors (Lipinski definition) is 1. The third kappa shape index (κ3) is 2.13. The first kappa shape index (κ1) is 13.3. The molecule has 0 aromatic heterocycles. The van der Waals surface area contributed by atoms with Gasteiger partial charge in [-0.2, -0.15) is 0 Å². The van der Waals surface area contributed by atoms with E-state index in [1.54, 1.807) is 0 Å². The molecule has 2 N–H and O–H groups in total. The van der Waals surface area contributed by atoms with Crippen LogP contribution in [0.25, 0.3) is 0 Å². The Labute approximate surface area is 124 Å². The topological polar surface area (TPSA) is 32.5 Å². The number of fused-ring (bicyclic) bond motifs is 1. The van der Waals surface area contributed by atoms with Crippen LogP contribution in [-0.2, 0) is 6.54 Å². The highest BCUT2D eigenvalue weighted by Crippen LogP contribution is 2.41. The maximum Gasteiger partial charge on any atom is 0.0649 e. The number of rotatable bonds is 2. The quantitative estimate of drug-likeness (QED) is 0.919. The first-order valence-electron chi connectivity index (χ1n) is 6.77. The van der Waals surface area contributed by atoms with Crippen molar-refractivity contribution in [2.24, 2.45) is 5.73 Å². The van der Waals surface area contributed by atoms with Gasteiger partial charge in [0.25, 0.3) is 0 Å². The van der Waals surface area contributed by atoms with E-state index in [0.717, 1.165) is 29.4 Å². The number of nitrogens with two attached hydrogens (primary N) is 1. The second-order valence-electron chi connectivity index (χ2n) is 5.01. The fraction of sp³-hybridized carbons (Fsp3) is 0.250. The van der Waals surface area contributed by atoms with Crippen molar-refractivity contribution in [1.29, 1.82) is 0 Å². The molecule has 0 atom stereocenters. The molecule has 20 heavy (non-hydrogen) atoms. The Balaban J connectivity index is 2.15. The number of benzene rings is 2. The van der Waals surface area contributed by atoms with E-state index in [0.29, 0.717) is 6.54 Å². The molecule has 0 saturated heterocycles. The molecular formula is C16H18ClN3. The van der Waals surface area contributed by atoms with E-state index in [9.17, 15) is 0 Å². The molecule has 0 spiro atoms. The Morgan fingerprint density at radius 2 is 1.80 bits per heavy atom. The van der Waals surface area contributed by atoms with Crippen LogP contribution in [-0.4, -0.2) is 20.1 Å². The highest BCUT2D eigenvalue weighted by molar-refractivity contribution is 6.33. The number of nitrogens with zero attached hydrogens (tertiary/aromatic N) is 2. The van der Waals surface area contributed by atoms with Gasteiger partial charge >= 0.3 is 0 Å². The molecule has 0 fully saturated rings. The molecule has 0 unspecified atom stereocenters. The van der Waals surface area contributed by atoms with Gasteiger partial charge in [-0.3, -0.25) is 0 Å². The average Bonchev–Trinajstić information content (AvgIpc) is 2.48. The number of halogens is 1. The van der Waals surface area contributed by atoms with Gasteiger partial charge in [0.15, 0.2) is 0 Å². The third-order valence-corrected chi connectivity index (χ3v) is 4.11. The molecule has 0 amide bonds. The zero-order chi connectivity index (χ0) is 14.1.